The highest BCUT2D eigenvalue weighted by molar-refractivity contribution is 5.89. The molecule has 0 spiro atoms. The summed E-state index contributed by atoms with van der Waals surface area (Å²) < 4.78 is 5.52. The number of nitrogens with zero attached hydrogens (tertiary/aromatic N) is 1. The minimum atomic E-state index is -1.17. The Morgan fingerprint density at radius 2 is 1.64 bits per heavy atom. The van der Waals surface area contributed by atoms with Gasteiger partial charge in [0.1, 0.15) is 12.6 Å². The summed E-state index contributed by atoms with van der Waals surface area (Å²) in [6, 6.07) is 14.9. The molecule has 174 valence electrons. The van der Waals surface area contributed by atoms with Gasteiger partial charge in [-0.3, -0.25) is 9.59 Å². The lowest BCUT2D eigenvalue weighted by Crippen LogP contribution is -2.52. The van der Waals surface area contributed by atoms with E-state index in [2.05, 4.69) is 17.4 Å². The number of carbonyl (C=O) groups excluding carboxylic acids is 2. The fourth-order valence-electron chi connectivity index (χ4n) is 4.83. The standard InChI is InChI=1S/C26H30N2O5/c1-3-28(16(2)17-12-13-17)25(31)23(14-24(29)30)27-26(32)33-15-22-20-10-6-4-8-18(20)19-9-5-7-11-21(19)22/h4-11,16-17,22-23H,3,12-15H2,1-2H3,(H,27,32)(H,29,30). The van der Waals surface area contributed by atoms with Crippen LogP contribution in [-0.2, 0) is 14.3 Å². The van der Waals surface area contributed by atoms with E-state index in [0.717, 1.165) is 35.1 Å². The zero-order chi connectivity index (χ0) is 23.5. The molecule has 2 aliphatic carbocycles. The first-order chi connectivity index (χ1) is 15.9. The van der Waals surface area contributed by atoms with Crippen molar-refractivity contribution in [2.45, 2.75) is 51.1 Å². The van der Waals surface area contributed by atoms with Crippen molar-refractivity contribution < 1.29 is 24.2 Å². The van der Waals surface area contributed by atoms with E-state index in [1.165, 1.54) is 0 Å². The molecule has 0 aromatic heterocycles. The fourth-order valence-corrected chi connectivity index (χ4v) is 4.83. The fraction of sp³-hybridized carbons (Fsp3) is 0.423. The molecule has 7 nitrogen and oxygen atoms in total. The lowest BCUT2D eigenvalue weighted by Gasteiger charge is -2.31. The molecule has 2 amide bonds. The molecule has 2 unspecified atom stereocenters. The van der Waals surface area contributed by atoms with Gasteiger partial charge in [0, 0.05) is 18.5 Å². The van der Waals surface area contributed by atoms with Gasteiger partial charge in [-0.1, -0.05) is 48.5 Å². The van der Waals surface area contributed by atoms with Gasteiger partial charge in [-0.15, -0.1) is 0 Å². The number of carbonyl (C=O) groups is 3. The zero-order valence-electron chi connectivity index (χ0n) is 19.0. The topological polar surface area (TPSA) is 95.9 Å². The SMILES string of the molecule is CCN(C(=O)C(CC(=O)O)NC(=O)OCC1c2ccccc2-c2ccccc21)C(C)C1CC1. The average molecular weight is 451 g/mol. The lowest BCUT2D eigenvalue weighted by atomic mass is 9.98. The van der Waals surface area contributed by atoms with Crippen LogP contribution >= 0.6 is 0 Å². The van der Waals surface area contributed by atoms with Crippen molar-refractivity contribution in [1.82, 2.24) is 10.2 Å². The van der Waals surface area contributed by atoms with Crippen molar-refractivity contribution in [2.24, 2.45) is 5.92 Å². The predicted molar refractivity (Wildman–Crippen MR) is 124 cm³/mol. The number of carboxylic acids is 1. The van der Waals surface area contributed by atoms with Crippen molar-refractivity contribution in [2.75, 3.05) is 13.2 Å². The first kappa shape index (κ1) is 22.8. The van der Waals surface area contributed by atoms with Gasteiger partial charge < -0.3 is 20.1 Å². The third kappa shape index (κ3) is 4.87. The van der Waals surface area contributed by atoms with E-state index in [-0.39, 0.29) is 24.5 Å². The van der Waals surface area contributed by atoms with Crippen LogP contribution < -0.4 is 5.32 Å². The molecule has 4 rings (SSSR count). The van der Waals surface area contributed by atoms with Crippen LogP contribution in [0.1, 0.15) is 50.2 Å². The minimum absolute atomic E-state index is 0.0168. The lowest BCUT2D eigenvalue weighted by molar-refractivity contribution is -0.143. The number of likely N-dealkylation sites (N-methyl/N-ethyl adjacent to an activating group) is 1. The van der Waals surface area contributed by atoms with Crippen LogP contribution in [0.15, 0.2) is 48.5 Å². The normalized spacial score (nSPS) is 16.3. The number of benzene rings is 2. The Kier molecular flexibility index (Phi) is 6.67. The number of amides is 2. The third-order valence-electron chi connectivity index (χ3n) is 6.73. The third-order valence-corrected chi connectivity index (χ3v) is 6.73. The first-order valence-electron chi connectivity index (χ1n) is 11.5. The molecule has 2 aromatic carbocycles. The highest BCUT2D eigenvalue weighted by Crippen LogP contribution is 2.44. The summed E-state index contributed by atoms with van der Waals surface area (Å²) in [6.45, 7) is 4.40. The van der Waals surface area contributed by atoms with Crippen molar-refractivity contribution in [3.05, 3.63) is 59.7 Å². The molecule has 7 heteroatoms. The van der Waals surface area contributed by atoms with Crippen LogP contribution in [0.4, 0.5) is 4.79 Å². The molecule has 0 bridgehead atoms. The van der Waals surface area contributed by atoms with E-state index in [0.29, 0.717) is 12.5 Å². The van der Waals surface area contributed by atoms with Crippen molar-refractivity contribution in [1.29, 1.82) is 0 Å². The van der Waals surface area contributed by atoms with Crippen LogP contribution in [0.25, 0.3) is 11.1 Å². The molecule has 2 N–H and O–H groups in total. The summed E-state index contributed by atoms with van der Waals surface area (Å²) in [4.78, 5) is 38.8. The van der Waals surface area contributed by atoms with Crippen LogP contribution in [0.3, 0.4) is 0 Å². The summed E-state index contributed by atoms with van der Waals surface area (Å²) >= 11 is 0. The van der Waals surface area contributed by atoms with E-state index in [4.69, 9.17) is 4.74 Å². The summed E-state index contributed by atoms with van der Waals surface area (Å²) in [5.41, 5.74) is 4.41. The van der Waals surface area contributed by atoms with E-state index in [9.17, 15) is 19.5 Å². The molecule has 0 saturated heterocycles. The van der Waals surface area contributed by atoms with Gasteiger partial charge >= 0.3 is 12.1 Å². The summed E-state index contributed by atoms with van der Waals surface area (Å²) in [5.74, 6) is -1.21. The van der Waals surface area contributed by atoms with Crippen molar-refractivity contribution in [3.63, 3.8) is 0 Å². The first-order valence-corrected chi connectivity index (χ1v) is 11.5. The number of hydrogen-bond acceptors (Lipinski definition) is 4. The van der Waals surface area contributed by atoms with E-state index in [1.807, 2.05) is 50.2 Å². The molecule has 2 aromatic rings. The second-order valence-corrected chi connectivity index (χ2v) is 8.82. The number of nitrogens with one attached hydrogen (secondary N) is 1. The van der Waals surface area contributed by atoms with Gasteiger partial charge in [-0.25, -0.2) is 4.79 Å². The quantitative estimate of drug-likeness (QED) is 0.602. The van der Waals surface area contributed by atoms with Gasteiger partial charge in [0.2, 0.25) is 5.91 Å². The van der Waals surface area contributed by atoms with Crippen LogP contribution in [0, 0.1) is 5.92 Å². The zero-order valence-corrected chi connectivity index (χ0v) is 19.0. The Labute approximate surface area is 193 Å². The van der Waals surface area contributed by atoms with Gasteiger partial charge in [-0.2, -0.15) is 0 Å². The second kappa shape index (κ2) is 9.65. The van der Waals surface area contributed by atoms with E-state index >= 15 is 0 Å². The van der Waals surface area contributed by atoms with Gasteiger partial charge in [0.05, 0.1) is 6.42 Å². The molecular weight excluding hydrogens is 420 g/mol. The molecule has 0 radical (unpaired) electrons. The van der Waals surface area contributed by atoms with Gasteiger partial charge in [0.15, 0.2) is 0 Å². The Bertz CT molecular complexity index is 1000. The summed E-state index contributed by atoms with van der Waals surface area (Å²) in [6.07, 6.45) is 0.853. The molecule has 2 atom stereocenters. The monoisotopic (exact) mass is 450 g/mol. The maximum atomic E-state index is 13.1. The molecule has 0 aliphatic heterocycles. The van der Waals surface area contributed by atoms with Gasteiger partial charge in [-0.05, 0) is 54.9 Å². The molecule has 1 fully saturated rings. The number of ether oxygens (including phenoxy) is 1. The van der Waals surface area contributed by atoms with E-state index in [1.54, 1.807) is 4.90 Å². The Balaban J connectivity index is 1.44. The maximum Gasteiger partial charge on any atom is 0.407 e. The summed E-state index contributed by atoms with van der Waals surface area (Å²) in [5, 5.41) is 11.8. The number of alkyl carbamates (subject to hydrolysis) is 1. The smallest absolute Gasteiger partial charge is 0.407 e. The second-order valence-electron chi connectivity index (χ2n) is 8.82. The number of fused-ring (bicyclic) bond motifs is 3. The molecule has 0 heterocycles. The summed E-state index contributed by atoms with van der Waals surface area (Å²) in [7, 11) is 0. The predicted octanol–water partition coefficient (Wildman–Crippen LogP) is 4.02. The van der Waals surface area contributed by atoms with Crippen LogP contribution in [0.2, 0.25) is 0 Å². The molecule has 1 saturated carbocycles. The van der Waals surface area contributed by atoms with E-state index < -0.39 is 24.5 Å². The highest BCUT2D eigenvalue weighted by Gasteiger charge is 2.37. The Morgan fingerprint density at radius 3 is 2.15 bits per heavy atom. The Hall–Kier alpha value is -3.35. The highest BCUT2D eigenvalue weighted by atomic mass is 16.5. The number of hydrogen-bond donors (Lipinski definition) is 2. The van der Waals surface area contributed by atoms with Gasteiger partial charge in [0.25, 0.3) is 0 Å². The van der Waals surface area contributed by atoms with Crippen molar-refractivity contribution >= 4 is 18.0 Å². The number of carboxylic acid groups (broad SMARTS) is 1. The average Bonchev–Trinajstić information content (AvgIpc) is 3.60. The maximum absolute atomic E-state index is 13.1. The molecule has 33 heavy (non-hydrogen) atoms. The van der Waals surface area contributed by atoms with Crippen molar-refractivity contribution in [3.8, 4) is 11.1 Å². The Morgan fingerprint density at radius 1 is 1.06 bits per heavy atom. The minimum Gasteiger partial charge on any atom is -0.481 e. The van der Waals surface area contributed by atoms with Crippen LogP contribution in [0.5, 0.6) is 0 Å². The largest absolute Gasteiger partial charge is 0.481 e. The number of aliphatic carboxylic acids is 1. The van der Waals surface area contributed by atoms with Crippen LogP contribution in [-0.4, -0.2) is 53.2 Å². The number of rotatable bonds is 9. The molecule has 2 aliphatic rings. The molecular formula is C26H30N2O5.